The number of benzene rings is 1. The number of sulfonamides is 1. The molecule has 0 aliphatic heterocycles. The molecule has 5 nitrogen and oxygen atoms in total. The van der Waals surface area contributed by atoms with E-state index in [9.17, 15) is 13.2 Å². The van der Waals surface area contributed by atoms with E-state index in [-0.39, 0.29) is 19.0 Å². The fourth-order valence-corrected chi connectivity index (χ4v) is 4.93. The first-order chi connectivity index (χ1) is 11.2. The maximum absolute atomic E-state index is 13.3. The molecule has 25 heavy (non-hydrogen) atoms. The van der Waals surface area contributed by atoms with Crippen molar-refractivity contribution in [1.82, 2.24) is 9.62 Å². The summed E-state index contributed by atoms with van der Waals surface area (Å²) in [6.45, 7) is 17.0. The monoisotopic (exact) mass is 368 g/mol. The van der Waals surface area contributed by atoms with Crippen LogP contribution in [0.5, 0.6) is 0 Å². The molecule has 1 amide bonds. The molecule has 0 saturated heterocycles. The van der Waals surface area contributed by atoms with Gasteiger partial charge in [-0.25, -0.2) is 8.42 Å². The highest BCUT2D eigenvalue weighted by Crippen LogP contribution is 2.31. The SMILES string of the molecule is CCN(CC(=O)NC(C)(C)C)S(=O)(=O)c1c(C)c(C)c(C)c(C)c1C. The van der Waals surface area contributed by atoms with Gasteiger partial charge >= 0.3 is 0 Å². The molecule has 1 aromatic rings. The van der Waals surface area contributed by atoms with E-state index in [4.69, 9.17) is 0 Å². The largest absolute Gasteiger partial charge is 0.350 e. The lowest BCUT2D eigenvalue weighted by molar-refractivity contribution is -0.122. The summed E-state index contributed by atoms with van der Waals surface area (Å²) < 4.78 is 27.8. The third-order valence-electron chi connectivity index (χ3n) is 4.72. The molecule has 0 fully saturated rings. The molecule has 6 heteroatoms. The molecule has 1 aromatic carbocycles. The molecule has 0 aromatic heterocycles. The van der Waals surface area contributed by atoms with Gasteiger partial charge in [0, 0.05) is 12.1 Å². The molecule has 0 spiro atoms. The van der Waals surface area contributed by atoms with Crippen LogP contribution in [0.1, 0.15) is 55.5 Å². The van der Waals surface area contributed by atoms with Gasteiger partial charge in [-0.05, 0) is 83.2 Å². The van der Waals surface area contributed by atoms with Crippen molar-refractivity contribution in [1.29, 1.82) is 0 Å². The van der Waals surface area contributed by atoms with E-state index in [0.717, 1.165) is 27.8 Å². The Labute approximate surface area is 152 Å². The van der Waals surface area contributed by atoms with Crippen molar-refractivity contribution < 1.29 is 13.2 Å². The molecule has 0 bridgehead atoms. The molecule has 142 valence electrons. The first kappa shape index (κ1) is 21.6. The van der Waals surface area contributed by atoms with Crippen molar-refractivity contribution in [3.05, 3.63) is 27.8 Å². The number of nitrogens with zero attached hydrogens (tertiary/aromatic N) is 1. The number of nitrogens with one attached hydrogen (secondary N) is 1. The average Bonchev–Trinajstić information content (AvgIpc) is 2.46. The second-order valence-corrected chi connectivity index (χ2v) is 9.56. The van der Waals surface area contributed by atoms with Crippen molar-refractivity contribution in [3.63, 3.8) is 0 Å². The Kier molecular flexibility index (Phi) is 6.46. The van der Waals surface area contributed by atoms with Crippen LogP contribution in [0, 0.1) is 34.6 Å². The minimum atomic E-state index is -3.75. The number of carbonyl (C=O) groups excluding carboxylic acids is 1. The molecule has 0 unspecified atom stereocenters. The first-order valence-corrected chi connectivity index (χ1v) is 10.1. The van der Waals surface area contributed by atoms with E-state index < -0.39 is 15.6 Å². The Bertz CT molecular complexity index is 746. The number of hydrogen-bond donors (Lipinski definition) is 1. The molecule has 1 rings (SSSR count). The van der Waals surface area contributed by atoms with Gasteiger partial charge in [-0.2, -0.15) is 4.31 Å². The van der Waals surface area contributed by atoms with Gasteiger partial charge in [-0.1, -0.05) is 6.92 Å². The Balaban J connectivity index is 3.38. The van der Waals surface area contributed by atoms with Crippen molar-refractivity contribution in [2.24, 2.45) is 0 Å². The lowest BCUT2D eigenvalue weighted by Crippen LogP contribution is -2.47. The Morgan fingerprint density at radius 1 is 0.920 bits per heavy atom. The summed E-state index contributed by atoms with van der Waals surface area (Å²) in [5.74, 6) is -0.297. The number of rotatable bonds is 5. The van der Waals surface area contributed by atoms with Crippen LogP contribution in [-0.2, 0) is 14.8 Å². The molecule has 1 N–H and O–H groups in total. The third-order valence-corrected chi connectivity index (χ3v) is 6.91. The van der Waals surface area contributed by atoms with Crippen molar-refractivity contribution in [3.8, 4) is 0 Å². The van der Waals surface area contributed by atoms with Crippen LogP contribution in [0.2, 0.25) is 0 Å². The van der Waals surface area contributed by atoms with Gasteiger partial charge in [0.05, 0.1) is 11.4 Å². The second-order valence-electron chi connectivity index (χ2n) is 7.68. The smallest absolute Gasteiger partial charge is 0.244 e. The van der Waals surface area contributed by atoms with E-state index >= 15 is 0 Å². The quantitative estimate of drug-likeness (QED) is 0.868. The molecular formula is C19H32N2O3S. The number of hydrogen-bond acceptors (Lipinski definition) is 3. The average molecular weight is 369 g/mol. The van der Waals surface area contributed by atoms with E-state index in [1.165, 1.54) is 4.31 Å². The van der Waals surface area contributed by atoms with Crippen LogP contribution in [0.25, 0.3) is 0 Å². The van der Waals surface area contributed by atoms with Crippen LogP contribution >= 0.6 is 0 Å². The van der Waals surface area contributed by atoms with Crippen LogP contribution in [0.3, 0.4) is 0 Å². The van der Waals surface area contributed by atoms with Crippen LogP contribution < -0.4 is 5.32 Å². The first-order valence-electron chi connectivity index (χ1n) is 8.62. The van der Waals surface area contributed by atoms with E-state index in [1.807, 2.05) is 55.4 Å². The fourth-order valence-electron chi connectivity index (χ4n) is 2.97. The van der Waals surface area contributed by atoms with E-state index in [0.29, 0.717) is 4.90 Å². The fraction of sp³-hybridized carbons (Fsp3) is 0.632. The summed E-state index contributed by atoms with van der Waals surface area (Å²) in [5.41, 5.74) is 4.20. The highest BCUT2D eigenvalue weighted by molar-refractivity contribution is 7.89. The van der Waals surface area contributed by atoms with E-state index in [2.05, 4.69) is 5.32 Å². The predicted octanol–water partition coefficient (Wildman–Crippen LogP) is 3.15. The van der Waals surface area contributed by atoms with E-state index in [1.54, 1.807) is 6.92 Å². The zero-order valence-electron chi connectivity index (χ0n) is 17.0. The molecule has 0 saturated carbocycles. The molecule has 0 aliphatic rings. The highest BCUT2D eigenvalue weighted by atomic mass is 32.2. The van der Waals surface area contributed by atoms with Gasteiger partial charge in [-0.15, -0.1) is 0 Å². The third kappa shape index (κ3) is 4.61. The zero-order chi connectivity index (χ0) is 19.7. The summed E-state index contributed by atoms with van der Waals surface area (Å²) in [6, 6.07) is 0. The summed E-state index contributed by atoms with van der Waals surface area (Å²) in [5, 5.41) is 2.82. The molecular weight excluding hydrogens is 336 g/mol. The van der Waals surface area contributed by atoms with Gasteiger partial charge in [0.2, 0.25) is 15.9 Å². The van der Waals surface area contributed by atoms with Gasteiger partial charge in [0.25, 0.3) is 0 Å². The van der Waals surface area contributed by atoms with Crippen LogP contribution in [-0.4, -0.2) is 37.3 Å². The van der Waals surface area contributed by atoms with Gasteiger partial charge < -0.3 is 5.32 Å². The number of amides is 1. The van der Waals surface area contributed by atoms with Crippen molar-refractivity contribution >= 4 is 15.9 Å². The Morgan fingerprint density at radius 2 is 1.32 bits per heavy atom. The lowest BCUT2D eigenvalue weighted by atomic mass is 9.95. The molecule has 0 atom stereocenters. The maximum atomic E-state index is 13.3. The highest BCUT2D eigenvalue weighted by Gasteiger charge is 2.31. The van der Waals surface area contributed by atoms with Crippen molar-refractivity contribution in [2.45, 2.75) is 72.7 Å². The Morgan fingerprint density at radius 3 is 1.68 bits per heavy atom. The molecule has 0 radical (unpaired) electrons. The number of carbonyl (C=O) groups is 1. The molecule has 0 aliphatic carbocycles. The summed E-state index contributed by atoms with van der Waals surface area (Å²) in [4.78, 5) is 12.6. The molecule has 0 heterocycles. The van der Waals surface area contributed by atoms with Crippen molar-refractivity contribution in [2.75, 3.05) is 13.1 Å². The number of likely N-dealkylation sites (N-methyl/N-ethyl adjacent to an activating group) is 1. The van der Waals surface area contributed by atoms with Crippen LogP contribution in [0.4, 0.5) is 0 Å². The minimum absolute atomic E-state index is 0.180. The second kappa shape index (κ2) is 7.46. The van der Waals surface area contributed by atoms with Gasteiger partial charge in [0.1, 0.15) is 0 Å². The minimum Gasteiger partial charge on any atom is -0.350 e. The Hall–Kier alpha value is -1.40. The zero-order valence-corrected chi connectivity index (χ0v) is 17.8. The maximum Gasteiger partial charge on any atom is 0.244 e. The normalized spacial score (nSPS) is 12.6. The predicted molar refractivity (Wildman–Crippen MR) is 102 cm³/mol. The standard InChI is InChI=1S/C19H32N2O3S/c1-10-21(11-17(22)20-19(7,8)9)25(23,24)18-15(5)13(3)12(2)14(4)16(18)6/h10-11H2,1-9H3,(H,20,22). The topological polar surface area (TPSA) is 66.5 Å². The summed E-state index contributed by atoms with van der Waals surface area (Å²) in [6.07, 6.45) is 0. The van der Waals surface area contributed by atoms with Crippen LogP contribution in [0.15, 0.2) is 4.90 Å². The lowest BCUT2D eigenvalue weighted by Gasteiger charge is -2.27. The summed E-state index contributed by atoms with van der Waals surface area (Å²) in [7, 11) is -3.75. The summed E-state index contributed by atoms with van der Waals surface area (Å²) >= 11 is 0. The van der Waals surface area contributed by atoms with Gasteiger partial charge in [0.15, 0.2) is 0 Å². The van der Waals surface area contributed by atoms with Gasteiger partial charge in [-0.3, -0.25) is 4.79 Å².